The summed E-state index contributed by atoms with van der Waals surface area (Å²) in [5, 5.41) is 9.86. The first-order chi connectivity index (χ1) is 9.58. The predicted octanol–water partition coefficient (Wildman–Crippen LogP) is 3.82. The van der Waals surface area contributed by atoms with Crippen LogP contribution in [-0.4, -0.2) is 16.1 Å². The van der Waals surface area contributed by atoms with Crippen molar-refractivity contribution >= 4 is 17.6 Å². The second-order valence-corrected chi connectivity index (χ2v) is 5.50. The van der Waals surface area contributed by atoms with Gasteiger partial charge >= 0.3 is 5.97 Å². The molecular weight excluding hydrogens is 274 g/mol. The van der Waals surface area contributed by atoms with Gasteiger partial charge in [-0.05, 0) is 43.0 Å². The van der Waals surface area contributed by atoms with E-state index in [1.807, 2.05) is 37.3 Å². The highest BCUT2D eigenvalue weighted by molar-refractivity contribution is 6.33. The van der Waals surface area contributed by atoms with Crippen LogP contribution in [0.1, 0.15) is 29.2 Å². The number of carboxylic acid groups (broad SMARTS) is 1. The van der Waals surface area contributed by atoms with Crippen LogP contribution in [0.25, 0.3) is 11.3 Å². The zero-order valence-electron chi connectivity index (χ0n) is 11.1. The van der Waals surface area contributed by atoms with Crippen molar-refractivity contribution in [3.8, 4) is 11.3 Å². The third kappa shape index (κ3) is 2.08. The first-order valence-electron chi connectivity index (χ1n) is 6.56. The lowest BCUT2D eigenvalue weighted by molar-refractivity contribution is -0.138. The van der Waals surface area contributed by atoms with E-state index in [2.05, 4.69) is 4.98 Å². The summed E-state index contributed by atoms with van der Waals surface area (Å²) in [5.41, 5.74) is 4.53. The summed E-state index contributed by atoms with van der Waals surface area (Å²) in [6.07, 6.45) is 1.34. The number of hydrogen-bond donors (Lipinski definition) is 1. The lowest BCUT2D eigenvalue weighted by Gasteiger charge is -2.10. The molecule has 1 N–H and O–H groups in total. The number of benzene rings is 1. The molecule has 2 aromatic rings. The summed E-state index contributed by atoms with van der Waals surface area (Å²) in [7, 11) is 0. The van der Waals surface area contributed by atoms with Gasteiger partial charge in [-0.3, -0.25) is 9.78 Å². The van der Waals surface area contributed by atoms with Gasteiger partial charge in [-0.1, -0.05) is 29.8 Å². The Kier molecular flexibility index (Phi) is 3.22. The molecule has 0 amide bonds. The van der Waals surface area contributed by atoms with Crippen LogP contribution in [-0.2, 0) is 11.2 Å². The number of aliphatic carboxylic acids is 1. The summed E-state index contributed by atoms with van der Waals surface area (Å²) in [6.45, 7) is 2.00. The minimum absolute atomic E-state index is 0.418. The molecule has 4 heteroatoms. The van der Waals surface area contributed by atoms with Crippen molar-refractivity contribution in [3.63, 3.8) is 0 Å². The normalized spacial score (nSPS) is 17.0. The number of hydrogen-bond acceptors (Lipinski definition) is 2. The molecule has 0 saturated heterocycles. The Hall–Kier alpha value is -1.87. The number of fused-ring (bicyclic) bond motifs is 1. The Morgan fingerprint density at radius 2 is 2.15 bits per heavy atom. The molecule has 0 spiro atoms. The quantitative estimate of drug-likeness (QED) is 0.913. The molecule has 1 aromatic carbocycles. The molecule has 1 atom stereocenters. The molecule has 0 radical (unpaired) electrons. The minimum Gasteiger partial charge on any atom is -0.481 e. The van der Waals surface area contributed by atoms with Crippen LogP contribution >= 0.6 is 11.6 Å². The van der Waals surface area contributed by atoms with Gasteiger partial charge in [0.15, 0.2) is 0 Å². The fourth-order valence-corrected chi connectivity index (χ4v) is 3.14. The van der Waals surface area contributed by atoms with Crippen LogP contribution in [0.4, 0.5) is 0 Å². The van der Waals surface area contributed by atoms with E-state index < -0.39 is 11.9 Å². The number of rotatable bonds is 2. The van der Waals surface area contributed by atoms with Gasteiger partial charge in [0.1, 0.15) is 0 Å². The Balaban J connectivity index is 2.09. The third-order valence-corrected chi connectivity index (χ3v) is 4.15. The molecule has 20 heavy (non-hydrogen) atoms. The van der Waals surface area contributed by atoms with Gasteiger partial charge in [-0.25, -0.2) is 0 Å². The summed E-state index contributed by atoms with van der Waals surface area (Å²) in [4.78, 5) is 15.8. The molecular formula is C16H14ClNO2. The van der Waals surface area contributed by atoms with Crippen LogP contribution in [0.5, 0.6) is 0 Å². The summed E-state index contributed by atoms with van der Waals surface area (Å²) in [6, 6.07) is 9.50. The average Bonchev–Trinajstić information content (AvgIpc) is 2.81. The Bertz CT molecular complexity index is 677. The van der Waals surface area contributed by atoms with E-state index in [9.17, 15) is 9.90 Å². The standard InChI is InChI=1S/C16H14ClNO2/c1-9-3-2-4-12(17)15(9)14-8-5-10-11(16(19)20)6-7-13(10)18-14/h2-5,8,11H,6-7H2,1H3,(H,19,20). The second-order valence-electron chi connectivity index (χ2n) is 5.09. The van der Waals surface area contributed by atoms with Gasteiger partial charge in [0, 0.05) is 11.3 Å². The van der Waals surface area contributed by atoms with E-state index in [-0.39, 0.29) is 0 Å². The second kappa shape index (κ2) is 4.91. The van der Waals surface area contributed by atoms with Crippen molar-refractivity contribution in [1.82, 2.24) is 4.98 Å². The zero-order valence-corrected chi connectivity index (χ0v) is 11.8. The lowest BCUT2D eigenvalue weighted by Crippen LogP contribution is -2.07. The Morgan fingerprint density at radius 3 is 2.85 bits per heavy atom. The average molecular weight is 288 g/mol. The molecule has 0 fully saturated rings. The van der Waals surface area contributed by atoms with E-state index in [0.717, 1.165) is 28.1 Å². The molecule has 1 heterocycles. The maximum atomic E-state index is 11.2. The van der Waals surface area contributed by atoms with E-state index in [4.69, 9.17) is 11.6 Å². The van der Waals surface area contributed by atoms with Crippen LogP contribution in [0.3, 0.4) is 0 Å². The number of aromatic nitrogens is 1. The molecule has 3 nitrogen and oxygen atoms in total. The highest BCUT2D eigenvalue weighted by Gasteiger charge is 2.29. The fraction of sp³-hybridized carbons (Fsp3) is 0.250. The summed E-state index contributed by atoms with van der Waals surface area (Å²) < 4.78 is 0. The van der Waals surface area contributed by atoms with Gasteiger partial charge in [0.05, 0.1) is 16.6 Å². The van der Waals surface area contributed by atoms with Crippen molar-refractivity contribution < 1.29 is 9.90 Å². The number of carboxylic acids is 1. The largest absolute Gasteiger partial charge is 0.481 e. The van der Waals surface area contributed by atoms with Gasteiger partial charge in [0.2, 0.25) is 0 Å². The first kappa shape index (κ1) is 13.1. The highest BCUT2D eigenvalue weighted by atomic mass is 35.5. The highest BCUT2D eigenvalue weighted by Crippen LogP contribution is 2.36. The molecule has 3 rings (SSSR count). The van der Waals surface area contributed by atoms with Crippen LogP contribution in [0.2, 0.25) is 5.02 Å². The monoisotopic (exact) mass is 287 g/mol. The fourth-order valence-electron chi connectivity index (χ4n) is 2.82. The SMILES string of the molecule is Cc1cccc(Cl)c1-c1ccc2c(n1)CCC2C(=O)O. The van der Waals surface area contributed by atoms with E-state index in [1.54, 1.807) is 0 Å². The van der Waals surface area contributed by atoms with E-state index >= 15 is 0 Å². The van der Waals surface area contributed by atoms with Crippen LogP contribution in [0, 0.1) is 6.92 Å². The topological polar surface area (TPSA) is 50.2 Å². The molecule has 1 unspecified atom stereocenters. The van der Waals surface area contributed by atoms with Crippen LogP contribution in [0.15, 0.2) is 30.3 Å². The molecule has 1 aliphatic rings. The molecule has 0 aliphatic heterocycles. The first-order valence-corrected chi connectivity index (χ1v) is 6.94. The number of pyridine rings is 1. The summed E-state index contributed by atoms with van der Waals surface area (Å²) in [5.74, 6) is -1.19. The molecule has 1 aromatic heterocycles. The molecule has 0 bridgehead atoms. The zero-order chi connectivity index (χ0) is 14.3. The number of halogens is 1. The predicted molar refractivity (Wildman–Crippen MR) is 78.1 cm³/mol. The number of carbonyl (C=O) groups is 1. The number of nitrogens with zero attached hydrogens (tertiary/aromatic N) is 1. The lowest BCUT2D eigenvalue weighted by atomic mass is 10.0. The van der Waals surface area contributed by atoms with Crippen molar-refractivity contribution in [2.75, 3.05) is 0 Å². The van der Waals surface area contributed by atoms with Crippen molar-refractivity contribution in [3.05, 3.63) is 52.2 Å². The Morgan fingerprint density at radius 1 is 1.35 bits per heavy atom. The van der Waals surface area contributed by atoms with E-state index in [1.165, 1.54) is 0 Å². The van der Waals surface area contributed by atoms with Crippen molar-refractivity contribution in [1.29, 1.82) is 0 Å². The Labute approximate surface area is 122 Å². The molecule has 102 valence electrons. The minimum atomic E-state index is -0.771. The van der Waals surface area contributed by atoms with Gasteiger partial charge in [0.25, 0.3) is 0 Å². The van der Waals surface area contributed by atoms with Crippen LogP contribution < -0.4 is 0 Å². The third-order valence-electron chi connectivity index (χ3n) is 3.83. The maximum Gasteiger partial charge on any atom is 0.311 e. The summed E-state index contributed by atoms with van der Waals surface area (Å²) >= 11 is 6.26. The van der Waals surface area contributed by atoms with Gasteiger partial charge in [-0.2, -0.15) is 0 Å². The van der Waals surface area contributed by atoms with Gasteiger partial charge in [-0.15, -0.1) is 0 Å². The smallest absolute Gasteiger partial charge is 0.311 e. The maximum absolute atomic E-state index is 11.2. The van der Waals surface area contributed by atoms with Gasteiger partial charge < -0.3 is 5.11 Å². The van der Waals surface area contributed by atoms with Crippen molar-refractivity contribution in [2.45, 2.75) is 25.7 Å². The van der Waals surface area contributed by atoms with E-state index in [0.29, 0.717) is 17.9 Å². The van der Waals surface area contributed by atoms with Crippen molar-refractivity contribution in [2.24, 2.45) is 0 Å². The number of aryl methyl sites for hydroxylation is 2. The molecule has 0 saturated carbocycles. The molecule has 1 aliphatic carbocycles.